The van der Waals surface area contributed by atoms with Gasteiger partial charge in [-0.15, -0.1) is 0 Å². The predicted molar refractivity (Wildman–Crippen MR) is 192 cm³/mol. The summed E-state index contributed by atoms with van der Waals surface area (Å²) in [6.07, 6.45) is 0. The van der Waals surface area contributed by atoms with Crippen molar-refractivity contribution in [1.82, 2.24) is 0 Å². The molecule has 0 nitrogen and oxygen atoms in total. The Morgan fingerprint density at radius 2 is 0.350 bits per heavy atom. The Bertz CT molecular complexity index is 843. The minimum absolute atomic E-state index is 0.417. The molecule has 0 heterocycles. The number of hydrogen-bond donors (Lipinski definition) is 0. The third kappa shape index (κ3) is 2.05. The van der Waals surface area contributed by atoms with Crippen LogP contribution in [0.3, 0.4) is 0 Å². The van der Waals surface area contributed by atoms with Gasteiger partial charge in [-0.2, -0.15) is 0 Å². The van der Waals surface area contributed by atoms with Crippen LogP contribution in [0.2, 0.25) is 98.7 Å². The highest BCUT2D eigenvalue weighted by Gasteiger charge is 3.40. The van der Waals surface area contributed by atoms with E-state index in [2.05, 4.69) is 162 Å². The molecule has 0 aromatic rings. The Kier molecular flexibility index (Phi) is 5.18. The van der Waals surface area contributed by atoms with Crippen molar-refractivity contribution in [3.8, 4) is 0 Å². The summed E-state index contributed by atoms with van der Waals surface area (Å²) < 4.78 is 0. The van der Waals surface area contributed by atoms with Crippen LogP contribution in [0.5, 0.6) is 0 Å². The minimum atomic E-state index is -1.08. The van der Waals surface area contributed by atoms with Gasteiger partial charge in [-0.3, -0.25) is 0 Å². The maximum absolute atomic E-state index is 2.71. The lowest BCUT2D eigenvalue weighted by Crippen LogP contribution is -2.26. The van der Waals surface area contributed by atoms with E-state index in [-0.39, 0.29) is 0 Å². The molecule has 8 saturated carbocycles. The molecule has 8 aliphatic carbocycles. The van der Waals surface area contributed by atoms with Crippen molar-refractivity contribution < 1.29 is 0 Å². The standard InChI is InChI=1S/C20H36.C16H36Si4/c1-13(2,3)17-18(14(4,5)6)19(17,15(7,8)9)20(17,18)16(10,11)12;1-17(2,3)13-14(18(4,5)6)15(13,19(7,8)9)16(13,14)20(10,11)12/h2*1-12H3. The van der Waals surface area contributed by atoms with Gasteiger partial charge in [-0.1, -0.05) is 162 Å². The molecule has 0 spiro atoms. The molecule has 8 aliphatic rings. The summed E-state index contributed by atoms with van der Waals surface area (Å²) in [5, 5.41) is 3.61. The molecular weight excluding hydrogens is 545 g/mol. The maximum atomic E-state index is 2.71. The zero-order valence-electron chi connectivity index (χ0n) is 32.0. The lowest BCUT2D eigenvalue weighted by molar-refractivity contribution is 0.254. The smallest absolute Gasteiger partial charge is 0.0516 e. The van der Waals surface area contributed by atoms with Gasteiger partial charge < -0.3 is 0 Å². The summed E-state index contributed by atoms with van der Waals surface area (Å²) in [5.74, 6) is 0. The third-order valence-electron chi connectivity index (χ3n) is 15.2. The van der Waals surface area contributed by atoms with Gasteiger partial charge in [0.05, 0.1) is 32.3 Å². The van der Waals surface area contributed by atoms with E-state index in [4.69, 9.17) is 0 Å². The van der Waals surface area contributed by atoms with Crippen molar-refractivity contribution in [2.75, 3.05) is 0 Å². The molecule has 0 aromatic heterocycles. The minimum Gasteiger partial charge on any atom is -0.0691 e. The predicted octanol–water partition coefficient (Wildman–Crippen LogP) is 12.5. The second-order valence-electron chi connectivity index (χ2n) is 24.0. The van der Waals surface area contributed by atoms with Gasteiger partial charge in [0.25, 0.3) is 0 Å². The number of rotatable bonds is 4. The van der Waals surface area contributed by atoms with Gasteiger partial charge in [-0.05, 0) is 63.5 Å². The molecule has 0 aliphatic heterocycles. The fourth-order valence-corrected chi connectivity index (χ4v) is 49.9. The molecule has 40 heavy (non-hydrogen) atoms. The summed E-state index contributed by atoms with van der Waals surface area (Å²) in [5.41, 5.74) is 3.98. The molecule has 0 N–H and O–H groups in total. The van der Waals surface area contributed by atoms with Crippen LogP contribution in [0, 0.1) is 43.3 Å². The Morgan fingerprint density at radius 3 is 0.400 bits per heavy atom. The molecule has 0 amide bonds. The van der Waals surface area contributed by atoms with E-state index in [0.29, 0.717) is 43.3 Å². The SMILES string of the molecule is CC(C)(C)C12C3(C(C)(C)C)C1(C(C)(C)C)C23C(C)(C)C.C[Si](C)(C)C12C3([Si](C)(C)C)C1([Si](C)(C)C)C23[Si](C)(C)C. The second kappa shape index (κ2) is 6.42. The van der Waals surface area contributed by atoms with Crippen molar-refractivity contribution in [2.24, 2.45) is 43.3 Å². The molecular formula is C36H72Si4. The van der Waals surface area contributed by atoms with Gasteiger partial charge in [0.15, 0.2) is 0 Å². The first-order chi connectivity index (χ1) is 17.0. The first-order valence-electron chi connectivity index (χ1n) is 17.0. The van der Waals surface area contributed by atoms with Crippen LogP contribution in [-0.4, -0.2) is 32.3 Å². The van der Waals surface area contributed by atoms with Crippen LogP contribution in [0.1, 0.15) is 83.1 Å². The topological polar surface area (TPSA) is 0 Å². The first-order valence-corrected chi connectivity index (χ1v) is 31.0. The average molecular weight is 617 g/mol. The van der Waals surface area contributed by atoms with Crippen molar-refractivity contribution in [2.45, 2.75) is 182 Å². The summed E-state index contributed by atoms with van der Waals surface area (Å²) in [4.78, 5) is 0. The van der Waals surface area contributed by atoms with E-state index in [9.17, 15) is 0 Å². The summed E-state index contributed by atoms with van der Waals surface area (Å²) >= 11 is 0. The average Bonchev–Trinajstić information content (AvgIpc) is 3.45. The van der Waals surface area contributed by atoms with Crippen LogP contribution in [-0.2, 0) is 0 Å². The second-order valence-corrected chi connectivity index (χ2v) is 45.0. The lowest BCUT2D eigenvalue weighted by atomic mass is 9.81. The Balaban J connectivity index is 0.000000161. The molecule has 0 radical (unpaired) electrons. The molecule has 4 heteroatoms. The van der Waals surface area contributed by atoms with Crippen molar-refractivity contribution in [1.29, 1.82) is 0 Å². The lowest BCUT2D eigenvalue weighted by Gasteiger charge is -2.23. The van der Waals surface area contributed by atoms with Crippen LogP contribution in [0.4, 0.5) is 0 Å². The molecule has 0 unspecified atom stereocenters. The van der Waals surface area contributed by atoms with Crippen molar-refractivity contribution in [3.05, 3.63) is 0 Å². The largest absolute Gasteiger partial charge is 0.0691 e. The molecule has 232 valence electrons. The molecule has 8 fully saturated rings. The Labute approximate surface area is 256 Å². The highest BCUT2D eigenvalue weighted by molar-refractivity contribution is 7.14. The van der Waals surface area contributed by atoms with Crippen LogP contribution in [0.25, 0.3) is 0 Å². The van der Waals surface area contributed by atoms with Crippen LogP contribution < -0.4 is 0 Å². The van der Waals surface area contributed by atoms with Crippen molar-refractivity contribution in [3.63, 3.8) is 0 Å². The molecule has 0 saturated heterocycles. The zero-order chi connectivity index (χ0) is 32.0. The fraction of sp³-hybridized carbons (Fsp3) is 1.00. The van der Waals surface area contributed by atoms with E-state index < -0.39 is 32.3 Å². The Hall–Kier alpha value is 0.868. The zero-order valence-corrected chi connectivity index (χ0v) is 36.0. The first kappa shape index (κ1) is 32.3. The highest BCUT2D eigenvalue weighted by atomic mass is 28.3. The van der Waals surface area contributed by atoms with Gasteiger partial charge in [-0.25, -0.2) is 0 Å². The van der Waals surface area contributed by atoms with E-state index >= 15 is 0 Å². The van der Waals surface area contributed by atoms with Crippen LogP contribution >= 0.6 is 0 Å². The van der Waals surface area contributed by atoms with Gasteiger partial charge in [0, 0.05) is 0 Å². The van der Waals surface area contributed by atoms with E-state index in [1.807, 2.05) is 0 Å². The highest BCUT2D eigenvalue weighted by Crippen LogP contribution is 3.55. The normalized spacial score (nSPS) is 49.8. The molecule has 0 bridgehead atoms. The van der Waals surface area contributed by atoms with E-state index in [1.54, 1.807) is 0 Å². The van der Waals surface area contributed by atoms with Gasteiger partial charge in [0.1, 0.15) is 0 Å². The third-order valence-corrected chi connectivity index (χ3v) is 30.2. The van der Waals surface area contributed by atoms with Gasteiger partial charge >= 0.3 is 0 Å². The summed E-state index contributed by atoms with van der Waals surface area (Å²) in [6.45, 7) is 62.5. The van der Waals surface area contributed by atoms with Crippen LogP contribution in [0.15, 0.2) is 0 Å². The fourth-order valence-electron chi connectivity index (χ4n) is 17.6. The molecule has 0 atom stereocenters. The molecule has 8 rings (SSSR count). The monoisotopic (exact) mass is 616 g/mol. The van der Waals surface area contributed by atoms with E-state index in [0.717, 1.165) is 20.2 Å². The van der Waals surface area contributed by atoms with Crippen molar-refractivity contribution >= 4 is 32.3 Å². The molecule has 0 aromatic carbocycles. The summed E-state index contributed by atoms with van der Waals surface area (Å²) in [6, 6.07) is 0. The van der Waals surface area contributed by atoms with Gasteiger partial charge in [0.2, 0.25) is 0 Å². The Morgan fingerprint density at radius 1 is 0.250 bits per heavy atom. The number of hydrogen-bond acceptors (Lipinski definition) is 0. The summed E-state index contributed by atoms with van der Waals surface area (Å²) in [7, 11) is -4.32. The van der Waals surface area contributed by atoms with E-state index in [1.165, 1.54) is 0 Å². The maximum Gasteiger partial charge on any atom is 0.0516 e. The quantitative estimate of drug-likeness (QED) is 0.276.